The van der Waals surface area contributed by atoms with Gasteiger partial charge in [-0.25, -0.2) is 4.39 Å². The SMILES string of the molecule is CCO/C=C/c1c(C)cc(N(Cc2ccc(OC)cc2)Cc2ccc(OC)cc2)c(F)c1Br. The summed E-state index contributed by atoms with van der Waals surface area (Å²) in [5.74, 6) is 1.27. The van der Waals surface area contributed by atoms with Crippen molar-refractivity contribution in [2.24, 2.45) is 0 Å². The minimum absolute atomic E-state index is 0.307. The van der Waals surface area contributed by atoms with E-state index in [1.165, 1.54) is 0 Å². The minimum Gasteiger partial charge on any atom is -0.501 e. The number of anilines is 1. The van der Waals surface area contributed by atoms with Crippen LogP contribution in [0.5, 0.6) is 11.5 Å². The summed E-state index contributed by atoms with van der Waals surface area (Å²) in [6.45, 7) is 5.51. The average molecular weight is 514 g/mol. The maximum absolute atomic E-state index is 15.6. The van der Waals surface area contributed by atoms with Gasteiger partial charge in [0, 0.05) is 13.1 Å². The number of ether oxygens (including phenoxy) is 3. The summed E-state index contributed by atoms with van der Waals surface area (Å²) >= 11 is 3.47. The van der Waals surface area contributed by atoms with Crippen molar-refractivity contribution in [1.29, 1.82) is 0 Å². The molecule has 4 nitrogen and oxygen atoms in total. The standard InChI is InChI=1S/C27H29BrFNO3/c1-5-33-15-14-24-19(2)16-25(27(29)26(24)28)30(17-20-6-10-22(31-3)11-7-20)18-21-8-12-23(32-4)13-9-21/h6-16H,5,17-18H2,1-4H3/b15-14+. The summed E-state index contributed by atoms with van der Waals surface area (Å²) in [6.07, 6.45) is 3.38. The predicted octanol–water partition coefficient (Wildman–Crippen LogP) is 7.13. The number of aryl methyl sites for hydroxylation is 1. The number of hydrogen-bond donors (Lipinski definition) is 0. The number of hydrogen-bond acceptors (Lipinski definition) is 4. The van der Waals surface area contributed by atoms with E-state index in [1.54, 1.807) is 26.6 Å². The number of rotatable bonds is 10. The van der Waals surface area contributed by atoms with Gasteiger partial charge < -0.3 is 19.1 Å². The van der Waals surface area contributed by atoms with Gasteiger partial charge in [0.2, 0.25) is 0 Å². The molecule has 0 radical (unpaired) electrons. The van der Waals surface area contributed by atoms with Gasteiger partial charge in [0.15, 0.2) is 5.82 Å². The summed E-state index contributed by atoms with van der Waals surface area (Å²) in [7, 11) is 3.28. The molecule has 0 bridgehead atoms. The molecule has 3 aromatic carbocycles. The molecule has 0 atom stereocenters. The fourth-order valence-corrected chi connectivity index (χ4v) is 4.17. The molecule has 0 spiro atoms. The van der Waals surface area contributed by atoms with Gasteiger partial charge in [-0.3, -0.25) is 0 Å². The largest absolute Gasteiger partial charge is 0.501 e. The van der Waals surface area contributed by atoms with Crippen LogP contribution >= 0.6 is 15.9 Å². The molecule has 33 heavy (non-hydrogen) atoms. The van der Waals surface area contributed by atoms with Crippen LogP contribution in [0, 0.1) is 12.7 Å². The third kappa shape index (κ3) is 6.29. The van der Waals surface area contributed by atoms with Crippen LogP contribution in [0.25, 0.3) is 6.08 Å². The summed E-state index contributed by atoms with van der Waals surface area (Å²) in [6, 6.07) is 17.5. The maximum Gasteiger partial charge on any atom is 0.161 e. The van der Waals surface area contributed by atoms with Crippen molar-refractivity contribution in [3.63, 3.8) is 0 Å². The molecule has 0 fully saturated rings. The fourth-order valence-electron chi connectivity index (χ4n) is 3.53. The van der Waals surface area contributed by atoms with Gasteiger partial charge in [-0.2, -0.15) is 0 Å². The second-order valence-corrected chi connectivity index (χ2v) is 8.36. The zero-order valence-corrected chi connectivity index (χ0v) is 21.0. The van der Waals surface area contributed by atoms with Gasteiger partial charge >= 0.3 is 0 Å². The smallest absolute Gasteiger partial charge is 0.161 e. The van der Waals surface area contributed by atoms with Crippen molar-refractivity contribution in [2.75, 3.05) is 25.7 Å². The van der Waals surface area contributed by atoms with Crippen LogP contribution in [0.3, 0.4) is 0 Å². The molecule has 0 aliphatic heterocycles. The lowest BCUT2D eigenvalue weighted by atomic mass is 10.1. The van der Waals surface area contributed by atoms with Gasteiger partial charge in [0.1, 0.15) is 11.5 Å². The van der Waals surface area contributed by atoms with E-state index in [2.05, 4.69) is 15.9 Å². The molecule has 0 unspecified atom stereocenters. The lowest BCUT2D eigenvalue weighted by molar-refractivity contribution is 0.272. The van der Waals surface area contributed by atoms with Crippen molar-refractivity contribution in [2.45, 2.75) is 26.9 Å². The Bertz CT molecular complexity index is 1030. The lowest BCUT2D eigenvalue weighted by Crippen LogP contribution is -2.23. The van der Waals surface area contributed by atoms with Crippen molar-refractivity contribution in [1.82, 2.24) is 0 Å². The molecule has 0 aliphatic carbocycles. The van der Waals surface area contributed by atoms with Crippen LogP contribution in [0.2, 0.25) is 0 Å². The number of nitrogens with zero attached hydrogens (tertiary/aromatic N) is 1. The Hall–Kier alpha value is -2.99. The maximum atomic E-state index is 15.6. The highest BCUT2D eigenvalue weighted by molar-refractivity contribution is 9.10. The topological polar surface area (TPSA) is 30.9 Å². The predicted molar refractivity (Wildman–Crippen MR) is 135 cm³/mol. The minimum atomic E-state index is -0.307. The zero-order valence-electron chi connectivity index (χ0n) is 19.4. The van der Waals surface area contributed by atoms with Gasteiger partial charge in [-0.05, 0) is 88.4 Å². The van der Waals surface area contributed by atoms with E-state index in [-0.39, 0.29) is 5.82 Å². The first-order chi connectivity index (χ1) is 16.0. The van der Waals surface area contributed by atoms with E-state index in [4.69, 9.17) is 14.2 Å². The lowest BCUT2D eigenvalue weighted by Gasteiger charge is -2.27. The summed E-state index contributed by atoms with van der Waals surface area (Å²) in [5.41, 5.74) is 4.34. The van der Waals surface area contributed by atoms with Gasteiger partial charge in [0.05, 0.1) is 37.2 Å². The quantitative estimate of drug-likeness (QED) is 0.270. The first-order valence-electron chi connectivity index (χ1n) is 10.7. The molecule has 174 valence electrons. The van der Waals surface area contributed by atoms with E-state index in [9.17, 15) is 0 Å². The number of benzene rings is 3. The van der Waals surface area contributed by atoms with Gasteiger partial charge in [0.25, 0.3) is 0 Å². The van der Waals surface area contributed by atoms with Crippen LogP contribution in [-0.4, -0.2) is 20.8 Å². The van der Waals surface area contributed by atoms with Crippen molar-refractivity contribution >= 4 is 27.7 Å². The monoisotopic (exact) mass is 513 g/mol. The van der Waals surface area contributed by atoms with Crippen LogP contribution < -0.4 is 14.4 Å². The molecular weight excluding hydrogens is 485 g/mol. The Labute approximate surface area is 203 Å². The van der Waals surface area contributed by atoms with Crippen LogP contribution in [-0.2, 0) is 17.8 Å². The van der Waals surface area contributed by atoms with E-state index in [0.717, 1.165) is 33.8 Å². The summed E-state index contributed by atoms with van der Waals surface area (Å²) in [4.78, 5) is 2.03. The molecule has 0 aromatic heterocycles. The summed E-state index contributed by atoms with van der Waals surface area (Å²) in [5, 5.41) is 0. The number of halogens is 2. The Morgan fingerprint density at radius 2 is 1.42 bits per heavy atom. The fraction of sp³-hybridized carbons (Fsp3) is 0.259. The van der Waals surface area contributed by atoms with Crippen LogP contribution in [0.15, 0.2) is 65.3 Å². The second kappa shape index (κ2) is 11.8. The van der Waals surface area contributed by atoms with E-state index in [0.29, 0.717) is 29.9 Å². The normalized spacial score (nSPS) is 11.0. The molecule has 0 aliphatic rings. The molecule has 0 N–H and O–H groups in total. The Balaban J connectivity index is 1.99. The molecule has 0 saturated heterocycles. The van der Waals surface area contributed by atoms with Gasteiger partial charge in [-0.15, -0.1) is 0 Å². The second-order valence-electron chi connectivity index (χ2n) is 7.56. The Morgan fingerprint density at radius 1 is 0.909 bits per heavy atom. The number of methoxy groups -OCH3 is 2. The van der Waals surface area contributed by atoms with E-state index < -0.39 is 0 Å². The third-order valence-electron chi connectivity index (χ3n) is 5.34. The van der Waals surface area contributed by atoms with Crippen LogP contribution in [0.1, 0.15) is 29.2 Å². The molecule has 0 saturated carbocycles. The molecular formula is C27H29BrFNO3. The molecule has 0 heterocycles. The van der Waals surface area contributed by atoms with Crippen LogP contribution in [0.4, 0.5) is 10.1 Å². The average Bonchev–Trinajstić information content (AvgIpc) is 2.84. The highest BCUT2D eigenvalue weighted by Gasteiger charge is 2.19. The molecule has 3 aromatic rings. The molecule has 3 rings (SSSR count). The van der Waals surface area contributed by atoms with Gasteiger partial charge in [-0.1, -0.05) is 24.3 Å². The van der Waals surface area contributed by atoms with Crippen molar-refractivity contribution in [3.8, 4) is 11.5 Å². The third-order valence-corrected chi connectivity index (χ3v) is 6.11. The molecule has 6 heteroatoms. The first kappa shape index (κ1) is 24.6. The molecule has 0 amide bonds. The van der Waals surface area contributed by atoms with Crippen molar-refractivity contribution in [3.05, 3.63) is 93.4 Å². The highest BCUT2D eigenvalue weighted by atomic mass is 79.9. The first-order valence-corrected chi connectivity index (χ1v) is 11.5. The van der Waals surface area contributed by atoms with E-state index in [1.807, 2.05) is 73.3 Å². The van der Waals surface area contributed by atoms with Crippen molar-refractivity contribution < 1.29 is 18.6 Å². The zero-order chi connectivity index (χ0) is 23.8. The van der Waals surface area contributed by atoms with E-state index >= 15 is 4.39 Å². The Morgan fingerprint density at radius 3 is 1.88 bits per heavy atom. The summed E-state index contributed by atoms with van der Waals surface area (Å²) < 4.78 is 31.9. The highest BCUT2D eigenvalue weighted by Crippen LogP contribution is 2.35. The Kier molecular flexibility index (Phi) is 8.78.